The molecule has 0 aliphatic heterocycles. The van der Waals surface area contributed by atoms with Crippen molar-refractivity contribution in [2.75, 3.05) is 6.61 Å². The molecular formula is C15H20O4. The van der Waals surface area contributed by atoms with Gasteiger partial charge in [-0.1, -0.05) is 12.1 Å². The van der Waals surface area contributed by atoms with Gasteiger partial charge in [-0.25, -0.2) is 4.79 Å². The van der Waals surface area contributed by atoms with Crippen molar-refractivity contribution in [1.29, 1.82) is 0 Å². The minimum atomic E-state index is -0.513. The van der Waals surface area contributed by atoms with E-state index in [4.69, 9.17) is 9.47 Å². The zero-order chi connectivity index (χ0) is 14.5. The number of benzene rings is 1. The van der Waals surface area contributed by atoms with Crippen LogP contribution in [0.5, 0.6) is 0 Å². The molecule has 0 heterocycles. The second-order valence-electron chi connectivity index (χ2n) is 5.18. The summed E-state index contributed by atoms with van der Waals surface area (Å²) in [6.45, 7) is 7.60. The summed E-state index contributed by atoms with van der Waals surface area (Å²) in [4.78, 5) is 23.1. The summed E-state index contributed by atoms with van der Waals surface area (Å²) >= 11 is 0. The van der Waals surface area contributed by atoms with Gasteiger partial charge in [0.15, 0.2) is 0 Å². The Morgan fingerprint density at radius 3 is 2.16 bits per heavy atom. The lowest BCUT2D eigenvalue weighted by atomic mass is 10.1. The summed E-state index contributed by atoms with van der Waals surface area (Å²) in [7, 11) is 0. The number of hydrogen-bond donors (Lipinski definition) is 0. The number of carbonyl (C=O) groups excluding carboxylic acids is 2. The first kappa shape index (κ1) is 15.2. The molecular weight excluding hydrogens is 244 g/mol. The van der Waals surface area contributed by atoms with Crippen LogP contribution in [0.1, 0.15) is 43.6 Å². The lowest BCUT2D eigenvalue weighted by molar-refractivity contribution is -0.142. The third kappa shape index (κ3) is 5.55. The molecule has 0 fully saturated rings. The Morgan fingerprint density at radius 2 is 1.68 bits per heavy atom. The maximum Gasteiger partial charge on any atom is 0.338 e. The quantitative estimate of drug-likeness (QED) is 0.785. The highest BCUT2D eigenvalue weighted by Crippen LogP contribution is 2.13. The summed E-state index contributed by atoms with van der Waals surface area (Å²) in [5.41, 5.74) is 0.772. The third-order valence-electron chi connectivity index (χ3n) is 2.24. The second-order valence-corrected chi connectivity index (χ2v) is 5.18. The fourth-order valence-electron chi connectivity index (χ4n) is 1.47. The van der Waals surface area contributed by atoms with E-state index in [2.05, 4.69) is 0 Å². The highest BCUT2D eigenvalue weighted by atomic mass is 16.6. The van der Waals surface area contributed by atoms with Gasteiger partial charge >= 0.3 is 11.9 Å². The number of hydrogen-bond acceptors (Lipinski definition) is 4. The van der Waals surface area contributed by atoms with E-state index in [-0.39, 0.29) is 18.4 Å². The van der Waals surface area contributed by atoms with Gasteiger partial charge < -0.3 is 9.47 Å². The average molecular weight is 264 g/mol. The fourth-order valence-corrected chi connectivity index (χ4v) is 1.47. The van der Waals surface area contributed by atoms with E-state index < -0.39 is 5.60 Å². The van der Waals surface area contributed by atoms with Crippen molar-refractivity contribution < 1.29 is 19.1 Å². The molecule has 0 N–H and O–H groups in total. The summed E-state index contributed by atoms with van der Waals surface area (Å²) in [6.07, 6.45) is 0.211. The van der Waals surface area contributed by atoms with Crippen molar-refractivity contribution in [3.05, 3.63) is 35.4 Å². The van der Waals surface area contributed by atoms with Crippen molar-refractivity contribution in [1.82, 2.24) is 0 Å². The van der Waals surface area contributed by atoms with E-state index in [9.17, 15) is 9.59 Å². The Kier molecular flexibility index (Phi) is 5.10. The smallest absolute Gasteiger partial charge is 0.338 e. The molecule has 0 spiro atoms. The average Bonchev–Trinajstić information content (AvgIpc) is 2.27. The Labute approximate surface area is 113 Å². The van der Waals surface area contributed by atoms with E-state index in [1.807, 2.05) is 20.8 Å². The summed E-state index contributed by atoms with van der Waals surface area (Å²) in [5.74, 6) is -0.636. The van der Waals surface area contributed by atoms with Crippen molar-refractivity contribution in [2.24, 2.45) is 0 Å². The van der Waals surface area contributed by atoms with E-state index in [0.29, 0.717) is 12.2 Å². The molecule has 0 aromatic heterocycles. The molecule has 0 saturated heterocycles. The molecule has 0 amide bonds. The maximum atomic E-state index is 11.8. The third-order valence-corrected chi connectivity index (χ3v) is 2.24. The van der Waals surface area contributed by atoms with Gasteiger partial charge in [0.2, 0.25) is 0 Å². The van der Waals surface area contributed by atoms with E-state index in [1.54, 1.807) is 31.2 Å². The molecule has 0 atom stereocenters. The first-order valence-corrected chi connectivity index (χ1v) is 6.29. The lowest BCUT2D eigenvalue weighted by Gasteiger charge is -2.19. The van der Waals surface area contributed by atoms with Gasteiger partial charge in [-0.3, -0.25) is 4.79 Å². The van der Waals surface area contributed by atoms with E-state index in [0.717, 1.165) is 5.56 Å². The molecule has 0 unspecified atom stereocenters. The molecule has 0 aliphatic carbocycles. The normalized spacial score (nSPS) is 10.9. The summed E-state index contributed by atoms with van der Waals surface area (Å²) < 4.78 is 10.1. The summed E-state index contributed by atoms with van der Waals surface area (Å²) in [5, 5.41) is 0. The van der Waals surface area contributed by atoms with Gasteiger partial charge in [0.25, 0.3) is 0 Å². The predicted molar refractivity (Wildman–Crippen MR) is 71.9 cm³/mol. The highest BCUT2D eigenvalue weighted by molar-refractivity contribution is 5.89. The van der Waals surface area contributed by atoms with Gasteiger partial charge in [0.1, 0.15) is 5.60 Å². The number of esters is 2. The van der Waals surface area contributed by atoms with Crippen LogP contribution in [-0.4, -0.2) is 24.1 Å². The zero-order valence-corrected chi connectivity index (χ0v) is 11.9. The lowest BCUT2D eigenvalue weighted by Crippen LogP contribution is -2.23. The van der Waals surface area contributed by atoms with Crippen LogP contribution in [0.3, 0.4) is 0 Å². The van der Waals surface area contributed by atoms with Crippen LogP contribution in [-0.2, 0) is 20.7 Å². The Hall–Kier alpha value is -1.84. The largest absolute Gasteiger partial charge is 0.466 e. The maximum absolute atomic E-state index is 11.8. The van der Waals surface area contributed by atoms with Crippen LogP contribution in [0.25, 0.3) is 0 Å². The highest BCUT2D eigenvalue weighted by Gasteiger charge is 2.17. The van der Waals surface area contributed by atoms with Crippen molar-refractivity contribution in [3.63, 3.8) is 0 Å². The van der Waals surface area contributed by atoms with Crippen LogP contribution < -0.4 is 0 Å². The molecule has 1 aromatic carbocycles. The van der Waals surface area contributed by atoms with Gasteiger partial charge in [-0.05, 0) is 45.4 Å². The van der Waals surface area contributed by atoms with Crippen molar-refractivity contribution in [2.45, 2.75) is 39.7 Å². The molecule has 0 bridgehead atoms. The number of carbonyl (C=O) groups is 2. The minimum Gasteiger partial charge on any atom is -0.466 e. The SMILES string of the molecule is CCOC(=O)Cc1ccc(C(=O)OC(C)(C)C)cc1. The Morgan fingerprint density at radius 1 is 1.11 bits per heavy atom. The molecule has 4 nitrogen and oxygen atoms in total. The standard InChI is InChI=1S/C15H20O4/c1-5-18-13(16)10-11-6-8-12(9-7-11)14(17)19-15(2,3)4/h6-9H,5,10H2,1-4H3. The number of rotatable bonds is 4. The van der Waals surface area contributed by atoms with Gasteiger partial charge in [0.05, 0.1) is 18.6 Å². The molecule has 0 saturated carbocycles. The van der Waals surface area contributed by atoms with Crippen LogP contribution in [0, 0.1) is 0 Å². The molecule has 0 aliphatic rings. The summed E-state index contributed by atoms with van der Waals surface area (Å²) in [6, 6.07) is 6.78. The molecule has 4 heteroatoms. The Bertz CT molecular complexity index is 440. The van der Waals surface area contributed by atoms with Crippen LogP contribution in [0.2, 0.25) is 0 Å². The van der Waals surface area contributed by atoms with E-state index in [1.165, 1.54) is 0 Å². The zero-order valence-electron chi connectivity index (χ0n) is 11.9. The van der Waals surface area contributed by atoms with E-state index >= 15 is 0 Å². The molecule has 19 heavy (non-hydrogen) atoms. The van der Waals surface area contributed by atoms with Crippen LogP contribution in [0.15, 0.2) is 24.3 Å². The predicted octanol–water partition coefficient (Wildman–Crippen LogP) is 2.75. The van der Waals surface area contributed by atoms with Gasteiger partial charge in [-0.2, -0.15) is 0 Å². The molecule has 1 rings (SSSR count). The topological polar surface area (TPSA) is 52.6 Å². The van der Waals surface area contributed by atoms with Crippen LogP contribution in [0.4, 0.5) is 0 Å². The Balaban J connectivity index is 2.66. The molecule has 1 aromatic rings. The minimum absolute atomic E-state index is 0.211. The van der Waals surface area contributed by atoms with Gasteiger partial charge in [0, 0.05) is 0 Å². The van der Waals surface area contributed by atoms with Crippen molar-refractivity contribution in [3.8, 4) is 0 Å². The first-order chi connectivity index (χ1) is 8.81. The van der Waals surface area contributed by atoms with Crippen LogP contribution >= 0.6 is 0 Å². The molecule has 104 valence electrons. The molecule has 0 radical (unpaired) electrons. The second kappa shape index (κ2) is 6.36. The fraction of sp³-hybridized carbons (Fsp3) is 0.467. The number of ether oxygens (including phenoxy) is 2. The van der Waals surface area contributed by atoms with Gasteiger partial charge in [-0.15, -0.1) is 0 Å². The first-order valence-electron chi connectivity index (χ1n) is 6.29. The van der Waals surface area contributed by atoms with Crippen molar-refractivity contribution >= 4 is 11.9 Å². The monoisotopic (exact) mass is 264 g/mol.